The van der Waals surface area contributed by atoms with Gasteiger partial charge in [-0.2, -0.15) is 4.68 Å². The molecule has 3 aromatic rings. The van der Waals surface area contributed by atoms with Crippen molar-refractivity contribution < 1.29 is 0 Å². The van der Waals surface area contributed by atoms with Gasteiger partial charge in [0.05, 0.1) is 11.2 Å². The van der Waals surface area contributed by atoms with E-state index in [1.54, 1.807) is 10.9 Å². The molecule has 6 heteroatoms. The predicted molar refractivity (Wildman–Crippen MR) is 80.9 cm³/mol. The molecule has 0 saturated heterocycles. The Bertz CT molecular complexity index is 773. The van der Waals surface area contributed by atoms with Gasteiger partial charge < -0.3 is 0 Å². The number of nitrogens with zero attached hydrogens (tertiary/aromatic N) is 5. The van der Waals surface area contributed by atoms with E-state index in [0.717, 1.165) is 26.9 Å². The van der Waals surface area contributed by atoms with Crippen LogP contribution in [-0.4, -0.2) is 25.2 Å². The van der Waals surface area contributed by atoms with Crippen LogP contribution in [0.25, 0.3) is 16.6 Å². The fraction of sp³-hybridized carbons (Fsp3) is 0.286. The largest absolute Gasteiger partial charge is 0.253 e. The summed E-state index contributed by atoms with van der Waals surface area (Å²) in [4.78, 5) is 4.50. The molecule has 0 N–H and O–H groups in total. The summed E-state index contributed by atoms with van der Waals surface area (Å²) >= 11 is 3.44. The average molecular weight is 332 g/mol. The van der Waals surface area contributed by atoms with Crippen molar-refractivity contribution in [2.45, 2.75) is 26.2 Å². The van der Waals surface area contributed by atoms with Crippen LogP contribution >= 0.6 is 15.9 Å². The van der Waals surface area contributed by atoms with Crippen LogP contribution in [0.2, 0.25) is 0 Å². The quantitative estimate of drug-likeness (QED) is 0.686. The van der Waals surface area contributed by atoms with Gasteiger partial charge in [0.25, 0.3) is 0 Å². The molecule has 0 atom stereocenters. The molecule has 1 aromatic carbocycles. The molecule has 5 nitrogen and oxygen atoms in total. The highest BCUT2D eigenvalue weighted by Gasteiger charge is 2.23. The molecule has 0 bridgehead atoms. The van der Waals surface area contributed by atoms with E-state index < -0.39 is 0 Å². The second-order valence-corrected chi connectivity index (χ2v) is 6.58. The van der Waals surface area contributed by atoms with Crippen molar-refractivity contribution in [2.75, 3.05) is 0 Å². The Morgan fingerprint density at radius 2 is 2.00 bits per heavy atom. The lowest BCUT2D eigenvalue weighted by Gasteiger charge is -2.17. The van der Waals surface area contributed by atoms with Crippen LogP contribution in [0, 0.1) is 0 Å². The SMILES string of the molecule is CC(C)(C)c1nnnn1-c1cccc2cc(Br)cnc12. The molecule has 0 unspecified atom stereocenters. The van der Waals surface area contributed by atoms with E-state index in [-0.39, 0.29) is 5.41 Å². The van der Waals surface area contributed by atoms with Gasteiger partial charge in [-0.3, -0.25) is 4.98 Å². The number of pyridine rings is 1. The lowest BCUT2D eigenvalue weighted by molar-refractivity contribution is 0.526. The number of rotatable bonds is 1. The molecule has 0 amide bonds. The van der Waals surface area contributed by atoms with Gasteiger partial charge in [-0.1, -0.05) is 32.9 Å². The molecule has 0 saturated carbocycles. The molecule has 20 heavy (non-hydrogen) atoms. The Labute approximate surface area is 125 Å². The van der Waals surface area contributed by atoms with E-state index in [1.807, 2.05) is 24.3 Å². The summed E-state index contributed by atoms with van der Waals surface area (Å²) in [6, 6.07) is 8.03. The topological polar surface area (TPSA) is 56.5 Å². The number of fused-ring (bicyclic) bond motifs is 1. The maximum absolute atomic E-state index is 4.50. The molecule has 102 valence electrons. The molecule has 2 aromatic heterocycles. The Balaban J connectivity index is 2.28. The van der Waals surface area contributed by atoms with Crippen molar-refractivity contribution in [1.29, 1.82) is 0 Å². The molecular weight excluding hydrogens is 318 g/mol. The summed E-state index contributed by atoms with van der Waals surface area (Å²) in [7, 11) is 0. The summed E-state index contributed by atoms with van der Waals surface area (Å²) in [5, 5.41) is 13.1. The highest BCUT2D eigenvalue weighted by Crippen LogP contribution is 2.26. The van der Waals surface area contributed by atoms with Gasteiger partial charge in [-0.25, -0.2) is 0 Å². The number of aromatic nitrogens is 5. The summed E-state index contributed by atoms with van der Waals surface area (Å²) in [6.45, 7) is 6.26. The number of tetrazole rings is 1. The predicted octanol–water partition coefficient (Wildman–Crippen LogP) is 3.27. The van der Waals surface area contributed by atoms with Gasteiger partial charge >= 0.3 is 0 Å². The van der Waals surface area contributed by atoms with Gasteiger partial charge in [-0.15, -0.1) is 5.10 Å². The Hall–Kier alpha value is -1.82. The average Bonchev–Trinajstić information content (AvgIpc) is 2.86. The van der Waals surface area contributed by atoms with Crippen LogP contribution in [0.4, 0.5) is 0 Å². The number of benzene rings is 1. The fourth-order valence-electron chi connectivity index (χ4n) is 2.11. The minimum absolute atomic E-state index is 0.138. The van der Waals surface area contributed by atoms with Crippen LogP contribution in [0.1, 0.15) is 26.6 Å². The smallest absolute Gasteiger partial charge is 0.162 e. The summed E-state index contributed by atoms with van der Waals surface area (Å²) in [5.41, 5.74) is 1.64. The second-order valence-electron chi connectivity index (χ2n) is 5.67. The molecule has 0 aliphatic heterocycles. The first-order valence-corrected chi connectivity index (χ1v) is 7.09. The van der Waals surface area contributed by atoms with Crippen molar-refractivity contribution in [1.82, 2.24) is 25.2 Å². The first kappa shape index (κ1) is 13.2. The van der Waals surface area contributed by atoms with Gasteiger partial charge in [-0.05, 0) is 38.5 Å². The number of hydrogen-bond acceptors (Lipinski definition) is 4. The zero-order valence-electron chi connectivity index (χ0n) is 11.5. The van der Waals surface area contributed by atoms with Gasteiger partial charge in [0.2, 0.25) is 0 Å². The van der Waals surface area contributed by atoms with Crippen LogP contribution in [0.3, 0.4) is 0 Å². The maximum Gasteiger partial charge on any atom is 0.162 e. The minimum atomic E-state index is -0.138. The maximum atomic E-state index is 4.50. The van der Waals surface area contributed by atoms with Crippen molar-refractivity contribution in [3.05, 3.63) is 40.8 Å². The highest BCUT2D eigenvalue weighted by atomic mass is 79.9. The third-order valence-corrected chi connectivity index (χ3v) is 3.46. The van der Waals surface area contributed by atoms with Crippen molar-refractivity contribution in [3.8, 4) is 5.69 Å². The number of para-hydroxylation sites is 1. The van der Waals surface area contributed by atoms with E-state index in [9.17, 15) is 0 Å². The Morgan fingerprint density at radius 1 is 1.20 bits per heavy atom. The molecule has 0 aliphatic carbocycles. The summed E-state index contributed by atoms with van der Waals surface area (Å²) in [6.07, 6.45) is 1.78. The molecule has 0 spiro atoms. The van der Waals surface area contributed by atoms with Gasteiger partial charge in [0, 0.05) is 21.5 Å². The summed E-state index contributed by atoms with van der Waals surface area (Å²) < 4.78 is 2.72. The molecule has 0 radical (unpaired) electrons. The standard InChI is InChI=1S/C14H14BrN5/c1-14(2,3)13-17-18-19-20(13)11-6-4-5-9-7-10(15)8-16-12(9)11/h4-8H,1-3H3. The van der Waals surface area contributed by atoms with E-state index in [0.29, 0.717) is 0 Å². The first-order chi connectivity index (χ1) is 9.47. The van der Waals surface area contributed by atoms with E-state index >= 15 is 0 Å². The van der Waals surface area contributed by atoms with Gasteiger partial charge in [0.15, 0.2) is 5.82 Å². The molecular formula is C14H14BrN5. The second kappa shape index (κ2) is 4.63. The zero-order chi connectivity index (χ0) is 14.3. The monoisotopic (exact) mass is 331 g/mol. The third kappa shape index (κ3) is 2.20. The van der Waals surface area contributed by atoms with Gasteiger partial charge in [0.1, 0.15) is 0 Å². The van der Waals surface area contributed by atoms with E-state index in [2.05, 4.69) is 57.2 Å². The van der Waals surface area contributed by atoms with E-state index in [1.165, 1.54) is 0 Å². The van der Waals surface area contributed by atoms with Crippen molar-refractivity contribution in [2.24, 2.45) is 0 Å². The molecule has 0 fully saturated rings. The highest BCUT2D eigenvalue weighted by molar-refractivity contribution is 9.10. The zero-order valence-corrected chi connectivity index (χ0v) is 13.1. The Morgan fingerprint density at radius 3 is 2.75 bits per heavy atom. The Kier molecular flexibility index (Phi) is 3.05. The molecule has 2 heterocycles. The van der Waals surface area contributed by atoms with Crippen LogP contribution in [-0.2, 0) is 5.41 Å². The number of hydrogen-bond donors (Lipinski definition) is 0. The van der Waals surface area contributed by atoms with Crippen LogP contribution < -0.4 is 0 Å². The lowest BCUT2D eigenvalue weighted by Crippen LogP contribution is -2.19. The first-order valence-electron chi connectivity index (χ1n) is 6.30. The van der Waals surface area contributed by atoms with Crippen LogP contribution in [0.15, 0.2) is 34.9 Å². The normalized spacial score (nSPS) is 12.0. The number of halogens is 1. The van der Waals surface area contributed by atoms with Crippen molar-refractivity contribution >= 4 is 26.8 Å². The van der Waals surface area contributed by atoms with E-state index in [4.69, 9.17) is 0 Å². The van der Waals surface area contributed by atoms with Crippen molar-refractivity contribution in [3.63, 3.8) is 0 Å². The summed E-state index contributed by atoms with van der Waals surface area (Å²) in [5.74, 6) is 0.815. The fourth-order valence-corrected chi connectivity index (χ4v) is 2.45. The third-order valence-electron chi connectivity index (χ3n) is 3.02. The van der Waals surface area contributed by atoms with Crippen LogP contribution in [0.5, 0.6) is 0 Å². The molecule has 0 aliphatic rings. The minimum Gasteiger partial charge on any atom is -0.253 e. The molecule has 3 rings (SSSR count). The lowest BCUT2D eigenvalue weighted by atomic mass is 9.95.